The first-order chi connectivity index (χ1) is 17.5. The first kappa shape index (κ1) is 26.5. The molecule has 0 spiro atoms. The van der Waals surface area contributed by atoms with Crippen molar-refractivity contribution in [1.82, 2.24) is 15.3 Å². The Bertz CT molecular complexity index is 1170. The molecule has 2 aromatic carbocycles. The van der Waals surface area contributed by atoms with Gasteiger partial charge in [-0.05, 0) is 36.2 Å². The Balaban J connectivity index is 1.35. The monoisotopic (exact) mass is 545 g/mol. The summed E-state index contributed by atoms with van der Waals surface area (Å²) in [5.41, 5.74) is 2.71. The maximum absolute atomic E-state index is 12.4. The fourth-order valence-corrected chi connectivity index (χ4v) is 5.25. The molecule has 1 aliphatic heterocycles. The molecule has 1 fully saturated rings. The largest absolute Gasteiger partial charge is 0.385 e. The van der Waals surface area contributed by atoms with Crippen LogP contribution < -0.4 is 15.1 Å². The maximum atomic E-state index is 12.4. The van der Waals surface area contributed by atoms with Gasteiger partial charge in [0.1, 0.15) is 11.0 Å². The molecule has 36 heavy (non-hydrogen) atoms. The highest BCUT2D eigenvalue weighted by molar-refractivity contribution is 7.98. The molecule has 1 amide bonds. The molecule has 1 N–H and O–H groups in total. The van der Waals surface area contributed by atoms with Gasteiger partial charge in [0.05, 0.1) is 10.7 Å². The molecule has 1 saturated heterocycles. The fraction of sp³-hybridized carbons (Fsp3) is 0.346. The number of amides is 1. The number of piperazine rings is 1. The van der Waals surface area contributed by atoms with Gasteiger partial charge in [0.2, 0.25) is 0 Å². The second-order valence-electron chi connectivity index (χ2n) is 8.35. The number of carbonyl (C=O) groups is 1. The number of halogens is 2. The number of thioether (sulfide) groups is 1. The quantitative estimate of drug-likeness (QED) is 0.163. The summed E-state index contributed by atoms with van der Waals surface area (Å²) in [6, 6.07) is 17.3. The highest BCUT2D eigenvalue weighted by Gasteiger charge is 2.21. The van der Waals surface area contributed by atoms with Gasteiger partial charge >= 0.3 is 0 Å². The number of aromatic nitrogens is 2. The fourth-order valence-electron chi connectivity index (χ4n) is 3.97. The Morgan fingerprint density at radius 3 is 2.58 bits per heavy atom. The van der Waals surface area contributed by atoms with Gasteiger partial charge in [0.15, 0.2) is 5.16 Å². The lowest BCUT2D eigenvalue weighted by Gasteiger charge is -2.37. The molecular weight excluding hydrogens is 517 g/mol. The van der Waals surface area contributed by atoms with Gasteiger partial charge in [-0.1, -0.05) is 59.2 Å². The minimum atomic E-state index is -0.0878. The van der Waals surface area contributed by atoms with E-state index in [9.17, 15) is 4.79 Å². The summed E-state index contributed by atoms with van der Waals surface area (Å²) in [6.45, 7) is 4.50. The minimum Gasteiger partial charge on any atom is -0.385 e. The maximum Gasteiger partial charge on any atom is 0.251 e. The molecule has 7 nitrogen and oxygen atoms in total. The predicted molar refractivity (Wildman–Crippen MR) is 148 cm³/mol. The standard InChI is InChI=1S/C26H29Cl2N5O2S/c1-35-15-5-10-29-25(34)20-7-4-6-19(16-20)18-36-26-30-23(28)17-24(31-26)33-13-11-32(12-14-33)22-9-3-2-8-21(22)27/h2-4,6-9,16-17H,5,10-15,18H2,1H3,(H,29,34). The molecule has 0 atom stereocenters. The van der Waals surface area contributed by atoms with Gasteiger partial charge in [-0.3, -0.25) is 4.79 Å². The third-order valence-electron chi connectivity index (χ3n) is 5.83. The van der Waals surface area contributed by atoms with Gasteiger partial charge in [0.25, 0.3) is 5.91 Å². The Kier molecular flexibility index (Phi) is 9.69. The van der Waals surface area contributed by atoms with Crippen LogP contribution in [0.3, 0.4) is 0 Å². The van der Waals surface area contributed by atoms with Crippen LogP contribution in [0.25, 0.3) is 0 Å². The van der Waals surface area contributed by atoms with Crippen LogP contribution >= 0.6 is 35.0 Å². The van der Waals surface area contributed by atoms with Gasteiger partial charge in [-0.15, -0.1) is 0 Å². The number of anilines is 2. The van der Waals surface area contributed by atoms with Crippen LogP contribution in [-0.4, -0.2) is 62.3 Å². The molecule has 0 unspecified atom stereocenters. The zero-order valence-electron chi connectivity index (χ0n) is 20.1. The first-order valence-electron chi connectivity index (χ1n) is 11.8. The van der Waals surface area contributed by atoms with E-state index in [0.29, 0.717) is 34.8 Å². The Labute approximate surface area is 226 Å². The van der Waals surface area contributed by atoms with Gasteiger partial charge in [-0.2, -0.15) is 0 Å². The topological polar surface area (TPSA) is 70.6 Å². The average Bonchev–Trinajstić information content (AvgIpc) is 2.90. The van der Waals surface area contributed by atoms with E-state index in [0.717, 1.165) is 54.7 Å². The van der Waals surface area contributed by atoms with E-state index in [1.54, 1.807) is 7.11 Å². The van der Waals surface area contributed by atoms with Crippen molar-refractivity contribution in [2.75, 3.05) is 56.2 Å². The van der Waals surface area contributed by atoms with Crippen molar-refractivity contribution in [3.05, 3.63) is 75.9 Å². The van der Waals surface area contributed by atoms with Crippen LogP contribution in [0.4, 0.5) is 11.5 Å². The molecule has 4 rings (SSSR count). The molecule has 1 aromatic heterocycles. The zero-order chi connectivity index (χ0) is 25.3. The number of methoxy groups -OCH3 is 1. The SMILES string of the molecule is COCCCNC(=O)c1cccc(CSc2nc(Cl)cc(N3CCN(c4ccccc4Cl)CC3)n2)c1. The number of nitrogens with zero attached hydrogens (tertiary/aromatic N) is 4. The van der Waals surface area contributed by atoms with E-state index in [1.807, 2.05) is 54.6 Å². The molecule has 0 saturated carbocycles. The van der Waals surface area contributed by atoms with E-state index in [4.69, 9.17) is 32.9 Å². The van der Waals surface area contributed by atoms with Crippen molar-refractivity contribution >= 4 is 52.4 Å². The zero-order valence-corrected chi connectivity index (χ0v) is 22.5. The number of ether oxygens (including phenoxy) is 1. The van der Waals surface area contributed by atoms with Crippen molar-refractivity contribution in [3.63, 3.8) is 0 Å². The normalized spacial score (nSPS) is 13.6. The first-order valence-corrected chi connectivity index (χ1v) is 13.6. The lowest BCUT2D eigenvalue weighted by molar-refractivity contribution is 0.0948. The lowest BCUT2D eigenvalue weighted by atomic mass is 10.1. The number of hydrogen-bond donors (Lipinski definition) is 1. The van der Waals surface area contributed by atoms with E-state index in [-0.39, 0.29) is 5.91 Å². The predicted octanol–water partition coefficient (Wildman–Crippen LogP) is 5.17. The van der Waals surface area contributed by atoms with Crippen molar-refractivity contribution in [1.29, 1.82) is 0 Å². The minimum absolute atomic E-state index is 0.0878. The van der Waals surface area contributed by atoms with E-state index < -0.39 is 0 Å². The molecule has 0 radical (unpaired) electrons. The third-order valence-corrected chi connectivity index (χ3v) is 7.26. The van der Waals surface area contributed by atoms with Gasteiger partial charge in [0, 0.05) is 63.8 Å². The van der Waals surface area contributed by atoms with Crippen molar-refractivity contribution < 1.29 is 9.53 Å². The average molecular weight is 547 g/mol. The molecule has 0 bridgehead atoms. The van der Waals surface area contributed by atoms with Crippen molar-refractivity contribution in [2.45, 2.75) is 17.3 Å². The number of nitrogens with one attached hydrogen (secondary N) is 1. The second-order valence-corrected chi connectivity index (χ2v) is 10.1. The van der Waals surface area contributed by atoms with E-state index in [2.05, 4.69) is 20.1 Å². The molecular formula is C26H29Cl2N5O2S. The lowest BCUT2D eigenvalue weighted by Crippen LogP contribution is -2.47. The molecule has 2 heterocycles. The number of rotatable bonds is 10. The summed E-state index contributed by atoms with van der Waals surface area (Å²) < 4.78 is 5.02. The Morgan fingerprint density at radius 1 is 1.03 bits per heavy atom. The highest BCUT2D eigenvalue weighted by Crippen LogP contribution is 2.29. The van der Waals surface area contributed by atoms with E-state index >= 15 is 0 Å². The Morgan fingerprint density at radius 2 is 1.81 bits per heavy atom. The summed E-state index contributed by atoms with van der Waals surface area (Å²) >= 11 is 14.2. The summed E-state index contributed by atoms with van der Waals surface area (Å²) in [7, 11) is 1.65. The smallest absolute Gasteiger partial charge is 0.251 e. The molecule has 3 aromatic rings. The molecule has 1 aliphatic rings. The van der Waals surface area contributed by atoms with Crippen LogP contribution in [0.15, 0.2) is 59.8 Å². The molecule has 190 valence electrons. The van der Waals surface area contributed by atoms with E-state index in [1.165, 1.54) is 11.8 Å². The van der Waals surface area contributed by atoms with Crippen LogP contribution in [0.5, 0.6) is 0 Å². The van der Waals surface area contributed by atoms with Crippen molar-refractivity contribution in [2.24, 2.45) is 0 Å². The van der Waals surface area contributed by atoms with Crippen LogP contribution in [0.1, 0.15) is 22.3 Å². The van der Waals surface area contributed by atoms with Gasteiger partial charge < -0.3 is 19.9 Å². The summed E-state index contributed by atoms with van der Waals surface area (Å²) in [5.74, 6) is 1.36. The highest BCUT2D eigenvalue weighted by atomic mass is 35.5. The van der Waals surface area contributed by atoms with Crippen LogP contribution in [0.2, 0.25) is 10.2 Å². The Hall–Kier alpha value is -2.52. The van der Waals surface area contributed by atoms with Crippen molar-refractivity contribution in [3.8, 4) is 0 Å². The number of benzene rings is 2. The number of carbonyl (C=O) groups excluding carboxylic acids is 1. The summed E-state index contributed by atoms with van der Waals surface area (Å²) in [6.07, 6.45) is 0.779. The molecule has 10 heteroatoms. The van der Waals surface area contributed by atoms with Crippen LogP contribution in [-0.2, 0) is 10.5 Å². The summed E-state index contributed by atoms with van der Waals surface area (Å²) in [4.78, 5) is 26.1. The van der Waals surface area contributed by atoms with Crippen LogP contribution in [0, 0.1) is 0 Å². The summed E-state index contributed by atoms with van der Waals surface area (Å²) in [5, 5.41) is 4.71. The third kappa shape index (κ3) is 7.26. The second kappa shape index (κ2) is 13.1. The number of para-hydroxylation sites is 1. The number of hydrogen-bond acceptors (Lipinski definition) is 7. The molecule has 0 aliphatic carbocycles. The van der Waals surface area contributed by atoms with Gasteiger partial charge in [-0.25, -0.2) is 9.97 Å².